The van der Waals surface area contributed by atoms with Crippen LogP contribution in [0.15, 0.2) is 30.3 Å². The molecular formula is C17H28N2. The molecule has 1 aromatic carbocycles. The minimum absolute atomic E-state index is 0.274. The minimum atomic E-state index is 0.274. The van der Waals surface area contributed by atoms with Gasteiger partial charge in [-0.3, -0.25) is 0 Å². The summed E-state index contributed by atoms with van der Waals surface area (Å²) in [6, 6.07) is 10.8. The first-order valence-electron chi connectivity index (χ1n) is 7.67. The van der Waals surface area contributed by atoms with Crippen molar-refractivity contribution in [2.24, 2.45) is 0 Å². The lowest BCUT2D eigenvalue weighted by Gasteiger charge is -2.30. The molecule has 19 heavy (non-hydrogen) atoms. The lowest BCUT2D eigenvalue weighted by atomic mass is 10.0. The van der Waals surface area contributed by atoms with Crippen molar-refractivity contribution in [3.05, 3.63) is 35.9 Å². The SMILES string of the molecule is CC1(C)CN(CCCCc2ccccc2)CCCN1. The molecule has 0 aliphatic carbocycles. The van der Waals surface area contributed by atoms with Crippen LogP contribution in [0.25, 0.3) is 0 Å². The average Bonchev–Trinajstić information content (AvgIpc) is 2.57. The van der Waals surface area contributed by atoms with E-state index in [-0.39, 0.29) is 5.54 Å². The van der Waals surface area contributed by atoms with Crippen molar-refractivity contribution < 1.29 is 0 Å². The summed E-state index contributed by atoms with van der Waals surface area (Å²) in [6.45, 7) is 9.47. The van der Waals surface area contributed by atoms with Crippen molar-refractivity contribution in [3.63, 3.8) is 0 Å². The third-order valence-electron chi connectivity index (χ3n) is 3.91. The van der Waals surface area contributed by atoms with E-state index >= 15 is 0 Å². The van der Waals surface area contributed by atoms with Gasteiger partial charge >= 0.3 is 0 Å². The van der Waals surface area contributed by atoms with E-state index in [4.69, 9.17) is 0 Å². The molecule has 1 aliphatic rings. The predicted molar refractivity (Wildman–Crippen MR) is 82.5 cm³/mol. The largest absolute Gasteiger partial charge is 0.310 e. The summed E-state index contributed by atoms with van der Waals surface area (Å²) in [4.78, 5) is 2.63. The molecule has 1 N–H and O–H groups in total. The molecule has 1 aliphatic heterocycles. The highest BCUT2D eigenvalue weighted by atomic mass is 15.2. The van der Waals surface area contributed by atoms with Gasteiger partial charge in [0.25, 0.3) is 0 Å². The number of unbranched alkanes of at least 4 members (excludes halogenated alkanes) is 1. The van der Waals surface area contributed by atoms with E-state index in [0.29, 0.717) is 0 Å². The average molecular weight is 260 g/mol. The van der Waals surface area contributed by atoms with Gasteiger partial charge in [0, 0.05) is 12.1 Å². The van der Waals surface area contributed by atoms with E-state index < -0.39 is 0 Å². The van der Waals surface area contributed by atoms with Crippen molar-refractivity contribution in [2.45, 2.75) is 45.1 Å². The summed E-state index contributed by atoms with van der Waals surface area (Å²) >= 11 is 0. The zero-order valence-corrected chi connectivity index (χ0v) is 12.5. The van der Waals surface area contributed by atoms with Crippen molar-refractivity contribution >= 4 is 0 Å². The van der Waals surface area contributed by atoms with Gasteiger partial charge in [0.1, 0.15) is 0 Å². The number of benzene rings is 1. The Morgan fingerprint density at radius 2 is 1.95 bits per heavy atom. The van der Waals surface area contributed by atoms with Crippen LogP contribution in [0, 0.1) is 0 Å². The van der Waals surface area contributed by atoms with Gasteiger partial charge < -0.3 is 10.2 Å². The van der Waals surface area contributed by atoms with Gasteiger partial charge in [0.2, 0.25) is 0 Å². The summed E-state index contributed by atoms with van der Waals surface area (Å²) in [5.74, 6) is 0. The van der Waals surface area contributed by atoms with Gasteiger partial charge in [-0.1, -0.05) is 30.3 Å². The first kappa shape index (κ1) is 14.5. The lowest BCUT2D eigenvalue weighted by molar-refractivity contribution is 0.227. The Balaban J connectivity index is 1.67. The zero-order valence-electron chi connectivity index (χ0n) is 12.5. The lowest BCUT2D eigenvalue weighted by Crippen LogP contribution is -2.46. The van der Waals surface area contributed by atoms with Crippen LogP contribution in [0.3, 0.4) is 0 Å². The maximum Gasteiger partial charge on any atom is 0.0252 e. The van der Waals surface area contributed by atoms with E-state index in [1.165, 1.54) is 50.9 Å². The van der Waals surface area contributed by atoms with E-state index in [1.54, 1.807) is 0 Å². The maximum absolute atomic E-state index is 3.63. The molecule has 0 unspecified atom stereocenters. The molecule has 0 saturated carbocycles. The Morgan fingerprint density at radius 3 is 2.74 bits per heavy atom. The smallest absolute Gasteiger partial charge is 0.0252 e. The third kappa shape index (κ3) is 5.33. The molecule has 1 saturated heterocycles. The predicted octanol–water partition coefficient (Wildman–Crippen LogP) is 3.08. The van der Waals surface area contributed by atoms with Crippen molar-refractivity contribution in [2.75, 3.05) is 26.2 Å². The molecule has 0 atom stereocenters. The number of rotatable bonds is 5. The van der Waals surface area contributed by atoms with Crippen molar-refractivity contribution in [3.8, 4) is 0 Å². The molecule has 0 spiro atoms. The van der Waals surface area contributed by atoms with Crippen molar-refractivity contribution in [1.82, 2.24) is 10.2 Å². The molecule has 2 heteroatoms. The normalized spacial score (nSPS) is 20.1. The zero-order chi connectivity index (χ0) is 13.6. The van der Waals surface area contributed by atoms with Crippen LogP contribution in [0.4, 0.5) is 0 Å². The summed E-state index contributed by atoms with van der Waals surface area (Å²) in [5, 5.41) is 3.63. The van der Waals surface area contributed by atoms with Gasteiger partial charge in [-0.15, -0.1) is 0 Å². The highest BCUT2D eigenvalue weighted by Crippen LogP contribution is 2.12. The molecular weight excluding hydrogens is 232 g/mol. The quantitative estimate of drug-likeness (QED) is 0.819. The minimum Gasteiger partial charge on any atom is -0.310 e. The Bertz CT molecular complexity index is 359. The first-order chi connectivity index (χ1) is 9.16. The fourth-order valence-electron chi connectivity index (χ4n) is 2.92. The summed E-state index contributed by atoms with van der Waals surface area (Å²) < 4.78 is 0. The molecule has 1 heterocycles. The van der Waals surface area contributed by atoms with Gasteiger partial charge in [-0.05, 0) is 64.7 Å². The highest BCUT2D eigenvalue weighted by Gasteiger charge is 2.23. The highest BCUT2D eigenvalue weighted by molar-refractivity contribution is 5.14. The second kappa shape index (κ2) is 7.06. The standard InChI is InChI=1S/C17H28N2/c1-17(2)15-19(14-8-12-18-17)13-7-6-11-16-9-4-3-5-10-16/h3-5,9-10,18H,6-8,11-15H2,1-2H3. The van der Waals surface area contributed by atoms with E-state index in [2.05, 4.69) is 54.4 Å². The van der Waals surface area contributed by atoms with Crippen molar-refractivity contribution in [1.29, 1.82) is 0 Å². The molecule has 0 bridgehead atoms. The fourth-order valence-corrected chi connectivity index (χ4v) is 2.92. The Labute approximate surface area is 118 Å². The Kier molecular flexibility index (Phi) is 5.41. The molecule has 0 radical (unpaired) electrons. The fraction of sp³-hybridized carbons (Fsp3) is 0.647. The summed E-state index contributed by atoms with van der Waals surface area (Å²) in [7, 11) is 0. The van der Waals surface area contributed by atoms with Crippen LogP contribution < -0.4 is 5.32 Å². The van der Waals surface area contributed by atoms with Crippen LogP contribution in [0.5, 0.6) is 0 Å². The number of hydrogen-bond donors (Lipinski definition) is 1. The second-order valence-electron chi connectivity index (χ2n) is 6.38. The van der Waals surface area contributed by atoms with Crippen LogP contribution in [-0.2, 0) is 6.42 Å². The number of aryl methyl sites for hydroxylation is 1. The maximum atomic E-state index is 3.63. The third-order valence-corrected chi connectivity index (χ3v) is 3.91. The monoisotopic (exact) mass is 260 g/mol. The molecule has 106 valence electrons. The number of nitrogens with one attached hydrogen (secondary N) is 1. The summed E-state index contributed by atoms with van der Waals surface area (Å²) in [5.41, 5.74) is 1.75. The van der Waals surface area contributed by atoms with Crippen LogP contribution in [0.1, 0.15) is 38.7 Å². The van der Waals surface area contributed by atoms with Gasteiger partial charge in [0.15, 0.2) is 0 Å². The molecule has 0 aromatic heterocycles. The molecule has 2 rings (SSSR count). The van der Waals surface area contributed by atoms with E-state index in [9.17, 15) is 0 Å². The van der Waals surface area contributed by atoms with Gasteiger partial charge in [-0.25, -0.2) is 0 Å². The Morgan fingerprint density at radius 1 is 1.16 bits per heavy atom. The van der Waals surface area contributed by atoms with Crippen LogP contribution >= 0.6 is 0 Å². The molecule has 0 amide bonds. The van der Waals surface area contributed by atoms with Gasteiger partial charge in [-0.2, -0.15) is 0 Å². The summed E-state index contributed by atoms with van der Waals surface area (Å²) in [6.07, 6.45) is 5.11. The topological polar surface area (TPSA) is 15.3 Å². The second-order valence-corrected chi connectivity index (χ2v) is 6.38. The Hall–Kier alpha value is -0.860. The van der Waals surface area contributed by atoms with E-state index in [0.717, 1.165) is 6.54 Å². The number of hydrogen-bond acceptors (Lipinski definition) is 2. The van der Waals surface area contributed by atoms with E-state index in [1.807, 2.05) is 0 Å². The van der Waals surface area contributed by atoms with Gasteiger partial charge in [0.05, 0.1) is 0 Å². The number of nitrogens with zero attached hydrogens (tertiary/aromatic N) is 1. The first-order valence-corrected chi connectivity index (χ1v) is 7.67. The van der Waals surface area contributed by atoms with Crippen LogP contribution in [0.2, 0.25) is 0 Å². The molecule has 2 nitrogen and oxygen atoms in total. The van der Waals surface area contributed by atoms with Crippen LogP contribution in [-0.4, -0.2) is 36.6 Å². The molecule has 1 fully saturated rings. The molecule has 1 aromatic rings.